The maximum atomic E-state index is 11.1. The predicted octanol–water partition coefficient (Wildman–Crippen LogP) is 4.09. The zero-order chi connectivity index (χ0) is 15.1. The Balaban J connectivity index is 2.04. The minimum Gasteiger partial charge on any atom is -0.314 e. The number of hydrogen-bond acceptors (Lipinski definition) is 3. The number of para-hydroxylation sites is 1. The lowest BCUT2D eigenvalue weighted by molar-refractivity contribution is -0.385. The third-order valence-corrected chi connectivity index (χ3v) is 4.43. The van der Waals surface area contributed by atoms with Crippen molar-refractivity contribution >= 4 is 5.69 Å². The highest BCUT2D eigenvalue weighted by atomic mass is 16.6. The van der Waals surface area contributed by atoms with Crippen molar-refractivity contribution in [1.29, 1.82) is 0 Å². The van der Waals surface area contributed by atoms with Gasteiger partial charge in [-0.05, 0) is 31.7 Å². The van der Waals surface area contributed by atoms with Crippen LogP contribution in [0, 0.1) is 16.0 Å². The van der Waals surface area contributed by atoms with E-state index in [0.29, 0.717) is 6.04 Å². The van der Waals surface area contributed by atoms with Gasteiger partial charge in [-0.1, -0.05) is 50.8 Å². The summed E-state index contributed by atoms with van der Waals surface area (Å²) in [7, 11) is 0. The highest BCUT2D eigenvalue weighted by Gasteiger charge is 2.22. The van der Waals surface area contributed by atoms with Gasteiger partial charge in [0.05, 0.1) is 4.92 Å². The number of nitrogens with one attached hydrogen (secondary N) is 1. The Morgan fingerprint density at radius 1 is 1.33 bits per heavy atom. The van der Waals surface area contributed by atoms with Gasteiger partial charge in [-0.15, -0.1) is 0 Å². The molecule has 1 N–H and O–H groups in total. The van der Waals surface area contributed by atoms with Crippen molar-refractivity contribution in [3.05, 3.63) is 39.9 Å². The summed E-state index contributed by atoms with van der Waals surface area (Å²) in [5, 5.41) is 14.7. The van der Waals surface area contributed by atoms with Gasteiger partial charge < -0.3 is 5.32 Å². The van der Waals surface area contributed by atoms with E-state index in [0.717, 1.165) is 37.3 Å². The van der Waals surface area contributed by atoms with Crippen LogP contribution in [-0.4, -0.2) is 17.5 Å². The zero-order valence-electron chi connectivity index (χ0n) is 12.9. The molecule has 4 nitrogen and oxygen atoms in total. The van der Waals surface area contributed by atoms with Crippen LogP contribution in [0.5, 0.6) is 0 Å². The van der Waals surface area contributed by atoms with Crippen molar-refractivity contribution in [3.63, 3.8) is 0 Å². The standard InChI is InChI=1S/C17H26N2O2/c1-2-11-18-16(12-14-7-3-4-8-14)13-15-9-5-6-10-17(15)19(20)21/h5-6,9-10,14,16,18H,2-4,7-8,11-13H2,1H3. The summed E-state index contributed by atoms with van der Waals surface area (Å²) < 4.78 is 0. The molecule has 0 saturated heterocycles. The molecule has 21 heavy (non-hydrogen) atoms. The summed E-state index contributed by atoms with van der Waals surface area (Å²) >= 11 is 0. The van der Waals surface area contributed by atoms with E-state index < -0.39 is 0 Å². The van der Waals surface area contributed by atoms with Crippen LogP contribution < -0.4 is 5.32 Å². The smallest absolute Gasteiger partial charge is 0.272 e. The first-order chi connectivity index (χ1) is 10.2. The number of nitro groups is 1. The van der Waals surface area contributed by atoms with Gasteiger partial charge in [0.2, 0.25) is 0 Å². The van der Waals surface area contributed by atoms with Gasteiger partial charge >= 0.3 is 0 Å². The molecule has 0 bridgehead atoms. The largest absolute Gasteiger partial charge is 0.314 e. The molecular formula is C17H26N2O2. The van der Waals surface area contributed by atoms with E-state index in [4.69, 9.17) is 0 Å². The number of nitro benzene ring substituents is 1. The number of hydrogen-bond donors (Lipinski definition) is 1. The fraction of sp³-hybridized carbons (Fsp3) is 0.647. The summed E-state index contributed by atoms with van der Waals surface area (Å²) in [6, 6.07) is 7.51. The Labute approximate surface area is 127 Å². The Morgan fingerprint density at radius 3 is 2.71 bits per heavy atom. The fourth-order valence-electron chi connectivity index (χ4n) is 3.36. The van der Waals surface area contributed by atoms with E-state index in [1.807, 2.05) is 12.1 Å². The predicted molar refractivity (Wildman–Crippen MR) is 85.5 cm³/mol. The van der Waals surface area contributed by atoms with Crippen molar-refractivity contribution < 1.29 is 4.92 Å². The molecule has 1 fully saturated rings. The maximum absolute atomic E-state index is 11.1. The van der Waals surface area contributed by atoms with Crippen LogP contribution in [0.15, 0.2) is 24.3 Å². The van der Waals surface area contributed by atoms with E-state index in [1.54, 1.807) is 12.1 Å². The summed E-state index contributed by atoms with van der Waals surface area (Å²) in [6.45, 7) is 3.14. The van der Waals surface area contributed by atoms with Gasteiger partial charge in [-0.25, -0.2) is 0 Å². The summed E-state index contributed by atoms with van der Waals surface area (Å²) in [6.07, 6.45) is 8.33. The molecule has 0 heterocycles. The van der Waals surface area contributed by atoms with Crippen molar-refractivity contribution in [2.45, 2.75) is 57.9 Å². The van der Waals surface area contributed by atoms with Crippen molar-refractivity contribution in [3.8, 4) is 0 Å². The molecule has 0 spiro atoms. The Hall–Kier alpha value is -1.42. The SMILES string of the molecule is CCCNC(Cc1ccccc1[N+](=O)[O-])CC1CCCC1. The quantitative estimate of drug-likeness (QED) is 0.579. The van der Waals surface area contributed by atoms with E-state index in [2.05, 4.69) is 12.2 Å². The highest BCUT2D eigenvalue weighted by Crippen LogP contribution is 2.30. The van der Waals surface area contributed by atoms with Gasteiger partial charge in [-0.3, -0.25) is 10.1 Å². The lowest BCUT2D eigenvalue weighted by Gasteiger charge is -2.22. The average molecular weight is 290 g/mol. The second-order valence-electron chi connectivity index (χ2n) is 6.13. The Bertz CT molecular complexity index is 456. The third kappa shape index (κ3) is 4.81. The van der Waals surface area contributed by atoms with Crippen LogP contribution in [0.1, 0.15) is 51.0 Å². The van der Waals surface area contributed by atoms with Gasteiger partial charge in [0.25, 0.3) is 5.69 Å². The van der Waals surface area contributed by atoms with Crippen LogP contribution in [0.3, 0.4) is 0 Å². The van der Waals surface area contributed by atoms with E-state index in [-0.39, 0.29) is 10.6 Å². The molecule has 1 aliphatic rings. The third-order valence-electron chi connectivity index (χ3n) is 4.43. The first kappa shape index (κ1) is 16.0. The molecule has 0 aliphatic heterocycles. The van der Waals surface area contributed by atoms with Crippen molar-refractivity contribution in [1.82, 2.24) is 5.32 Å². The Morgan fingerprint density at radius 2 is 2.05 bits per heavy atom. The molecule has 1 unspecified atom stereocenters. The minimum absolute atomic E-state index is 0.257. The minimum atomic E-state index is -0.262. The first-order valence-electron chi connectivity index (χ1n) is 8.16. The molecule has 1 saturated carbocycles. The van der Waals surface area contributed by atoms with Crippen LogP contribution >= 0.6 is 0 Å². The molecule has 1 atom stereocenters. The van der Waals surface area contributed by atoms with E-state index in [1.165, 1.54) is 25.7 Å². The molecule has 0 aromatic heterocycles. The van der Waals surface area contributed by atoms with Gasteiger partial charge in [0.1, 0.15) is 0 Å². The topological polar surface area (TPSA) is 55.2 Å². The maximum Gasteiger partial charge on any atom is 0.272 e. The highest BCUT2D eigenvalue weighted by molar-refractivity contribution is 5.40. The van der Waals surface area contributed by atoms with E-state index >= 15 is 0 Å². The second kappa shape index (κ2) is 8.13. The first-order valence-corrected chi connectivity index (χ1v) is 8.16. The monoisotopic (exact) mass is 290 g/mol. The van der Waals surface area contributed by atoms with Crippen LogP contribution in [0.4, 0.5) is 5.69 Å². The second-order valence-corrected chi connectivity index (χ2v) is 6.13. The van der Waals surface area contributed by atoms with Gasteiger partial charge in [-0.2, -0.15) is 0 Å². The Kier molecular flexibility index (Phi) is 6.18. The summed E-state index contributed by atoms with van der Waals surface area (Å²) in [5.41, 5.74) is 1.11. The van der Waals surface area contributed by atoms with E-state index in [9.17, 15) is 10.1 Å². The molecule has 0 amide bonds. The van der Waals surface area contributed by atoms with Crippen molar-refractivity contribution in [2.75, 3.05) is 6.54 Å². The molecular weight excluding hydrogens is 264 g/mol. The van der Waals surface area contributed by atoms with Crippen LogP contribution in [0.2, 0.25) is 0 Å². The number of benzene rings is 1. The molecule has 2 rings (SSSR count). The molecule has 116 valence electrons. The summed E-state index contributed by atoms with van der Waals surface area (Å²) in [4.78, 5) is 10.9. The lowest BCUT2D eigenvalue weighted by atomic mass is 9.93. The fourth-order valence-corrected chi connectivity index (χ4v) is 3.36. The zero-order valence-corrected chi connectivity index (χ0v) is 12.9. The van der Waals surface area contributed by atoms with Gasteiger partial charge in [0.15, 0.2) is 0 Å². The molecule has 1 aromatic rings. The lowest BCUT2D eigenvalue weighted by Crippen LogP contribution is -2.33. The van der Waals surface area contributed by atoms with Gasteiger partial charge in [0, 0.05) is 17.7 Å². The number of rotatable bonds is 8. The van der Waals surface area contributed by atoms with Crippen LogP contribution in [-0.2, 0) is 6.42 Å². The van der Waals surface area contributed by atoms with Crippen molar-refractivity contribution in [2.24, 2.45) is 5.92 Å². The average Bonchev–Trinajstić information content (AvgIpc) is 2.98. The summed E-state index contributed by atoms with van der Waals surface area (Å²) in [5.74, 6) is 0.794. The molecule has 1 aromatic carbocycles. The van der Waals surface area contributed by atoms with Crippen LogP contribution in [0.25, 0.3) is 0 Å². The molecule has 4 heteroatoms. The normalized spacial score (nSPS) is 17.0. The molecule has 0 radical (unpaired) electrons. The number of nitrogens with zero attached hydrogens (tertiary/aromatic N) is 1. The molecule has 1 aliphatic carbocycles.